The van der Waals surface area contributed by atoms with Gasteiger partial charge in [-0.05, 0) is 30.9 Å². The molecule has 1 aliphatic heterocycles. The monoisotopic (exact) mass is 290 g/mol. The van der Waals surface area contributed by atoms with E-state index in [1.807, 2.05) is 0 Å². The van der Waals surface area contributed by atoms with Gasteiger partial charge in [0.05, 0.1) is 13.2 Å². The number of hydrogen-bond acceptors (Lipinski definition) is 3. The van der Waals surface area contributed by atoms with Crippen LogP contribution in [0.2, 0.25) is 0 Å². The minimum absolute atomic E-state index is 0.164. The zero-order valence-corrected chi connectivity index (χ0v) is 12.9. The van der Waals surface area contributed by atoms with E-state index in [4.69, 9.17) is 4.74 Å². The molecule has 0 unspecified atom stereocenters. The van der Waals surface area contributed by atoms with Crippen molar-refractivity contribution in [3.8, 4) is 0 Å². The summed E-state index contributed by atoms with van der Waals surface area (Å²) in [5.41, 5.74) is 2.66. The molecule has 0 aliphatic carbocycles. The number of amides is 1. The van der Waals surface area contributed by atoms with Crippen molar-refractivity contribution in [2.24, 2.45) is 0 Å². The van der Waals surface area contributed by atoms with Crippen LogP contribution in [-0.2, 0) is 16.0 Å². The van der Waals surface area contributed by atoms with Gasteiger partial charge in [0.15, 0.2) is 0 Å². The first-order chi connectivity index (χ1) is 10.3. The summed E-state index contributed by atoms with van der Waals surface area (Å²) < 4.78 is 5.30. The molecule has 1 fully saturated rings. The molecule has 1 aromatic rings. The van der Waals surface area contributed by atoms with Crippen molar-refractivity contribution in [3.05, 3.63) is 35.4 Å². The highest BCUT2D eigenvalue weighted by molar-refractivity contribution is 5.75. The number of nitrogens with zero attached hydrogens (tertiary/aromatic N) is 1. The number of rotatable bonds is 7. The van der Waals surface area contributed by atoms with E-state index in [9.17, 15) is 4.79 Å². The van der Waals surface area contributed by atoms with E-state index >= 15 is 0 Å². The fourth-order valence-corrected chi connectivity index (χ4v) is 2.60. The second-order valence-electron chi connectivity index (χ2n) is 5.58. The van der Waals surface area contributed by atoms with Crippen LogP contribution in [0.1, 0.15) is 24.0 Å². The average Bonchev–Trinajstić information content (AvgIpc) is 2.50. The molecule has 0 saturated carbocycles. The number of ether oxygens (including phenoxy) is 1. The van der Waals surface area contributed by atoms with Crippen molar-refractivity contribution in [1.29, 1.82) is 0 Å². The Balaban J connectivity index is 1.56. The van der Waals surface area contributed by atoms with Crippen molar-refractivity contribution >= 4 is 5.91 Å². The maximum absolute atomic E-state index is 11.8. The van der Waals surface area contributed by atoms with Gasteiger partial charge in [-0.1, -0.05) is 24.3 Å². The SMILES string of the molecule is Cc1ccccc1CCCC(=O)NCCN1CCOCC1. The van der Waals surface area contributed by atoms with Crippen molar-refractivity contribution in [2.45, 2.75) is 26.2 Å². The van der Waals surface area contributed by atoms with Gasteiger partial charge in [-0.15, -0.1) is 0 Å². The second kappa shape index (κ2) is 8.80. The molecule has 21 heavy (non-hydrogen) atoms. The van der Waals surface area contributed by atoms with E-state index in [1.54, 1.807) is 0 Å². The zero-order chi connectivity index (χ0) is 14.9. The lowest BCUT2D eigenvalue weighted by Gasteiger charge is -2.26. The van der Waals surface area contributed by atoms with Crippen LogP contribution < -0.4 is 5.32 Å². The lowest BCUT2D eigenvalue weighted by atomic mass is 10.0. The predicted octanol–water partition coefficient (Wildman–Crippen LogP) is 1.77. The normalized spacial score (nSPS) is 15.9. The average molecular weight is 290 g/mol. The fourth-order valence-electron chi connectivity index (χ4n) is 2.60. The smallest absolute Gasteiger partial charge is 0.220 e. The maximum atomic E-state index is 11.8. The van der Waals surface area contributed by atoms with Gasteiger partial charge in [0, 0.05) is 32.6 Å². The van der Waals surface area contributed by atoms with Crippen LogP contribution >= 0.6 is 0 Å². The largest absolute Gasteiger partial charge is 0.379 e. The molecule has 0 bridgehead atoms. The third kappa shape index (κ3) is 5.86. The van der Waals surface area contributed by atoms with Gasteiger partial charge in [0.1, 0.15) is 0 Å². The summed E-state index contributed by atoms with van der Waals surface area (Å²) in [5.74, 6) is 0.164. The third-order valence-corrected chi connectivity index (χ3v) is 3.97. The van der Waals surface area contributed by atoms with Crippen LogP contribution in [0.25, 0.3) is 0 Å². The summed E-state index contributed by atoms with van der Waals surface area (Å²) in [6.45, 7) is 7.36. The highest BCUT2D eigenvalue weighted by Gasteiger charge is 2.10. The Hall–Kier alpha value is -1.39. The van der Waals surface area contributed by atoms with Gasteiger partial charge >= 0.3 is 0 Å². The first-order valence-corrected chi connectivity index (χ1v) is 7.87. The number of hydrogen-bond donors (Lipinski definition) is 1. The Kier molecular flexibility index (Phi) is 6.70. The van der Waals surface area contributed by atoms with Crippen molar-refractivity contribution in [1.82, 2.24) is 10.2 Å². The zero-order valence-electron chi connectivity index (χ0n) is 12.9. The molecule has 0 atom stereocenters. The highest BCUT2D eigenvalue weighted by Crippen LogP contribution is 2.10. The third-order valence-electron chi connectivity index (χ3n) is 3.97. The molecule has 4 nitrogen and oxygen atoms in total. The maximum Gasteiger partial charge on any atom is 0.220 e. The molecular formula is C17H26N2O2. The van der Waals surface area contributed by atoms with Crippen LogP contribution in [-0.4, -0.2) is 50.2 Å². The van der Waals surface area contributed by atoms with Crippen LogP contribution in [0.3, 0.4) is 0 Å². The van der Waals surface area contributed by atoms with Crippen LogP contribution in [0.15, 0.2) is 24.3 Å². The quantitative estimate of drug-likeness (QED) is 0.832. The summed E-state index contributed by atoms with van der Waals surface area (Å²) in [5, 5.41) is 3.01. The topological polar surface area (TPSA) is 41.6 Å². The molecule has 4 heteroatoms. The van der Waals surface area contributed by atoms with Crippen molar-refractivity contribution < 1.29 is 9.53 Å². The Labute approximate surface area is 127 Å². The molecule has 0 spiro atoms. The summed E-state index contributed by atoms with van der Waals surface area (Å²) >= 11 is 0. The lowest BCUT2D eigenvalue weighted by molar-refractivity contribution is -0.121. The van der Waals surface area contributed by atoms with Crippen LogP contribution in [0, 0.1) is 6.92 Å². The number of nitrogens with one attached hydrogen (secondary N) is 1. The molecule has 1 aromatic carbocycles. The van der Waals surface area contributed by atoms with E-state index in [1.165, 1.54) is 11.1 Å². The van der Waals surface area contributed by atoms with Crippen LogP contribution in [0.5, 0.6) is 0 Å². The first-order valence-electron chi connectivity index (χ1n) is 7.87. The van der Waals surface area contributed by atoms with E-state index < -0.39 is 0 Å². The molecule has 0 aromatic heterocycles. The second-order valence-corrected chi connectivity index (χ2v) is 5.58. The Morgan fingerprint density at radius 1 is 1.29 bits per heavy atom. The van der Waals surface area contributed by atoms with Gasteiger partial charge in [-0.3, -0.25) is 9.69 Å². The Morgan fingerprint density at radius 3 is 2.81 bits per heavy atom. The van der Waals surface area contributed by atoms with Crippen molar-refractivity contribution in [2.75, 3.05) is 39.4 Å². The standard InChI is InChI=1S/C17H26N2O2/c1-15-5-2-3-6-16(15)7-4-8-17(20)18-9-10-19-11-13-21-14-12-19/h2-3,5-6H,4,7-14H2,1H3,(H,18,20). The predicted molar refractivity (Wildman–Crippen MR) is 84.4 cm³/mol. The molecule has 1 saturated heterocycles. The number of benzene rings is 1. The lowest BCUT2D eigenvalue weighted by Crippen LogP contribution is -2.41. The van der Waals surface area contributed by atoms with Crippen molar-refractivity contribution in [3.63, 3.8) is 0 Å². The summed E-state index contributed by atoms with van der Waals surface area (Å²) in [6.07, 6.45) is 2.50. The highest BCUT2D eigenvalue weighted by atomic mass is 16.5. The first kappa shape index (κ1) is 16.0. The molecular weight excluding hydrogens is 264 g/mol. The number of carbonyl (C=O) groups is 1. The number of morpholine rings is 1. The van der Waals surface area contributed by atoms with Gasteiger partial charge in [0.2, 0.25) is 5.91 Å². The van der Waals surface area contributed by atoms with E-state index in [0.717, 1.165) is 52.2 Å². The van der Waals surface area contributed by atoms with Gasteiger partial charge < -0.3 is 10.1 Å². The molecule has 1 heterocycles. The summed E-state index contributed by atoms with van der Waals surface area (Å²) in [6, 6.07) is 8.38. The van der Waals surface area contributed by atoms with Crippen LogP contribution in [0.4, 0.5) is 0 Å². The van der Waals surface area contributed by atoms with E-state index in [0.29, 0.717) is 6.42 Å². The summed E-state index contributed by atoms with van der Waals surface area (Å²) in [7, 11) is 0. The van der Waals surface area contributed by atoms with Gasteiger partial charge in [-0.25, -0.2) is 0 Å². The minimum atomic E-state index is 0.164. The molecule has 116 valence electrons. The molecule has 1 aliphatic rings. The molecule has 2 rings (SSSR count). The molecule has 1 amide bonds. The van der Waals surface area contributed by atoms with Gasteiger partial charge in [-0.2, -0.15) is 0 Å². The Bertz CT molecular complexity index is 442. The molecule has 0 radical (unpaired) electrons. The fraction of sp³-hybridized carbons (Fsp3) is 0.588. The number of carbonyl (C=O) groups excluding carboxylic acids is 1. The number of aryl methyl sites for hydroxylation is 2. The Morgan fingerprint density at radius 2 is 2.05 bits per heavy atom. The van der Waals surface area contributed by atoms with E-state index in [2.05, 4.69) is 41.4 Å². The summed E-state index contributed by atoms with van der Waals surface area (Å²) in [4.78, 5) is 14.1. The molecule has 1 N–H and O–H groups in total. The minimum Gasteiger partial charge on any atom is -0.379 e. The van der Waals surface area contributed by atoms with Gasteiger partial charge in [0.25, 0.3) is 0 Å². The van der Waals surface area contributed by atoms with E-state index in [-0.39, 0.29) is 5.91 Å².